The van der Waals surface area contributed by atoms with Crippen molar-refractivity contribution in [2.24, 2.45) is 0 Å². The van der Waals surface area contributed by atoms with Crippen molar-refractivity contribution in [3.05, 3.63) is 88.8 Å². The Morgan fingerprint density at radius 2 is 1.55 bits per heavy atom. The molecule has 3 aromatic carbocycles. The molecule has 0 radical (unpaired) electrons. The van der Waals surface area contributed by atoms with E-state index in [1.165, 1.54) is 30.3 Å². The zero-order chi connectivity index (χ0) is 23.4. The number of benzene rings is 3. The molecule has 0 aliphatic heterocycles. The van der Waals surface area contributed by atoms with Crippen molar-refractivity contribution in [1.82, 2.24) is 0 Å². The third-order valence-corrected chi connectivity index (χ3v) is 5.03. The zero-order valence-corrected chi connectivity index (χ0v) is 17.8. The van der Waals surface area contributed by atoms with Gasteiger partial charge in [-0.2, -0.15) is 13.2 Å². The minimum Gasteiger partial charge on any atom is -0.493 e. The van der Waals surface area contributed by atoms with E-state index in [1.807, 2.05) is 37.3 Å². The summed E-state index contributed by atoms with van der Waals surface area (Å²) in [6.07, 6.45) is -3.22. The van der Waals surface area contributed by atoms with Gasteiger partial charge >= 0.3 is 6.18 Å². The van der Waals surface area contributed by atoms with Gasteiger partial charge in [-0.3, -0.25) is 4.79 Å². The normalized spacial score (nSPS) is 11.5. The van der Waals surface area contributed by atoms with Crippen molar-refractivity contribution in [2.75, 3.05) is 6.61 Å². The molecule has 1 heterocycles. The molecule has 0 aliphatic carbocycles. The van der Waals surface area contributed by atoms with E-state index in [2.05, 4.69) is 0 Å². The summed E-state index contributed by atoms with van der Waals surface area (Å²) >= 11 is 0. The molecule has 4 nitrogen and oxygen atoms in total. The van der Waals surface area contributed by atoms with Gasteiger partial charge in [0, 0.05) is 6.07 Å². The van der Waals surface area contributed by atoms with Crippen LogP contribution in [0.4, 0.5) is 13.2 Å². The van der Waals surface area contributed by atoms with Gasteiger partial charge in [-0.15, -0.1) is 0 Å². The van der Waals surface area contributed by atoms with Gasteiger partial charge in [-0.05, 0) is 41.8 Å². The quantitative estimate of drug-likeness (QED) is 0.272. The molecule has 33 heavy (non-hydrogen) atoms. The topological polar surface area (TPSA) is 48.7 Å². The lowest BCUT2D eigenvalue weighted by atomic mass is 10.1. The Kier molecular flexibility index (Phi) is 6.40. The maximum absolute atomic E-state index is 13.7. The summed E-state index contributed by atoms with van der Waals surface area (Å²) in [5.74, 6) is -1.97. The number of halogens is 3. The lowest BCUT2D eigenvalue weighted by Gasteiger charge is -2.14. The summed E-state index contributed by atoms with van der Waals surface area (Å²) in [5, 5.41) is -0.0262. The van der Waals surface area contributed by atoms with Crippen LogP contribution in [0.2, 0.25) is 0 Å². The summed E-state index contributed by atoms with van der Waals surface area (Å²) < 4.78 is 57.3. The predicted molar refractivity (Wildman–Crippen MR) is 120 cm³/mol. The second-order valence-corrected chi connectivity index (χ2v) is 7.44. The average molecular weight is 454 g/mol. The standard InChI is InChI=1S/C26H21F3O4/c1-2-3-15-31-20-13-14-21-22(16-20)33-25(26(27,28)29)24(23(21)30)32-19-11-9-18(10-12-19)17-7-5-4-6-8-17/h4-14,16H,2-3,15H2,1H3. The molecule has 0 N–H and O–H groups in total. The molecule has 0 fully saturated rings. The Balaban J connectivity index is 1.71. The first-order chi connectivity index (χ1) is 15.9. The van der Waals surface area contributed by atoms with Crippen LogP contribution in [0.25, 0.3) is 22.1 Å². The summed E-state index contributed by atoms with van der Waals surface area (Å²) in [5.41, 5.74) is 0.686. The van der Waals surface area contributed by atoms with Crippen LogP contribution in [0.15, 0.2) is 82.0 Å². The number of rotatable bonds is 7. The Morgan fingerprint density at radius 3 is 2.21 bits per heavy atom. The lowest BCUT2D eigenvalue weighted by molar-refractivity contribution is -0.154. The average Bonchev–Trinajstić information content (AvgIpc) is 2.81. The van der Waals surface area contributed by atoms with Crippen LogP contribution in [0, 0.1) is 0 Å². The molecule has 0 atom stereocenters. The van der Waals surface area contributed by atoms with Crippen LogP contribution >= 0.6 is 0 Å². The summed E-state index contributed by atoms with van der Waals surface area (Å²) in [7, 11) is 0. The van der Waals surface area contributed by atoms with Crippen LogP contribution < -0.4 is 14.9 Å². The molecule has 7 heteroatoms. The first-order valence-corrected chi connectivity index (χ1v) is 10.5. The molecule has 0 spiro atoms. The largest absolute Gasteiger partial charge is 0.493 e. The van der Waals surface area contributed by atoms with E-state index in [4.69, 9.17) is 13.9 Å². The Labute approximate surface area is 188 Å². The van der Waals surface area contributed by atoms with Crippen LogP contribution in [-0.2, 0) is 6.18 Å². The fourth-order valence-corrected chi connectivity index (χ4v) is 3.32. The van der Waals surface area contributed by atoms with E-state index in [9.17, 15) is 18.0 Å². The number of hydrogen-bond acceptors (Lipinski definition) is 4. The van der Waals surface area contributed by atoms with Crippen LogP contribution in [0.5, 0.6) is 17.2 Å². The fourth-order valence-electron chi connectivity index (χ4n) is 3.32. The lowest BCUT2D eigenvalue weighted by Crippen LogP contribution is -2.15. The van der Waals surface area contributed by atoms with Crippen LogP contribution in [0.1, 0.15) is 25.5 Å². The minimum atomic E-state index is -4.92. The van der Waals surface area contributed by atoms with Gasteiger partial charge in [-0.25, -0.2) is 0 Å². The van der Waals surface area contributed by atoms with Gasteiger partial charge in [0.2, 0.25) is 11.2 Å². The molecule has 0 bridgehead atoms. The Morgan fingerprint density at radius 1 is 0.879 bits per heavy atom. The monoisotopic (exact) mass is 454 g/mol. The van der Waals surface area contributed by atoms with Crippen molar-refractivity contribution in [2.45, 2.75) is 25.9 Å². The Bertz CT molecular complexity index is 1290. The summed E-state index contributed by atoms with van der Waals surface area (Å²) in [6.45, 7) is 2.41. The van der Waals surface area contributed by atoms with Crippen molar-refractivity contribution < 1.29 is 27.1 Å². The number of ether oxygens (including phenoxy) is 2. The third kappa shape index (κ3) is 5.03. The number of hydrogen-bond donors (Lipinski definition) is 0. The van der Waals surface area contributed by atoms with Crippen molar-refractivity contribution >= 4 is 11.0 Å². The van der Waals surface area contributed by atoms with Gasteiger partial charge < -0.3 is 13.9 Å². The SMILES string of the molecule is CCCCOc1ccc2c(=O)c(Oc3ccc(-c4ccccc4)cc3)c(C(F)(F)F)oc2c1. The molecule has 170 valence electrons. The molecular formula is C26H21F3O4. The smallest absolute Gasteiger partial charge is 0.453 e. The van der Waals surface area contributed by atoms with E-state index in [1.54, 1.807) is 12.1 Å². The first-order valence-electron chi connectivity index (χ1n) is 10.5. The molecule has 0 amide bonds. The third-order valence-electron chi connectivity index (χ3n) is 5.03. The molecule has 0 unspecified atom stereocenters. The van der Waals surface area contributed by atoms with Crippen LogP contribution in [0.3, 0.4) is 0 Å². The van der Waals surface area contributed by atoms with Gasteiger partial charge in [0.1, 0.15) is 17.1 Å². The van der Waals surface area contributed by atoms with E-state index in [0.717, 1.165) is 24.0 Å². The molecule has 0 aliphatic rings. The number of unbranched alkanes of at least 4 members (excludes halogenated alkanes) is 1. The second kappa shape index (κ2) is 9.40. The van der Waals surface area contributed by atoms with Gasteiger partial charge in [0.15, 0.2) is 0 Å². The van der Waals surface area contributed by atoms with Crippen molar-refractivity contribution in [3.8, 4) is 28.4 Å². The summed E-state index contributed by atoms with van der Waals surface area (Å²) in [6, 6.07) is 20.1. The van der Waals surface area contributed by atoms with Gasteiger partial charge in [0.05, 0.1) is 12.0 Å². The predicted octanol–water partition coefficient (Wildman–Crippen LogP) is 7.45. The maximum Gasteiger partial charge on any atom is 0.453 e. The minimum absolute atomic E-state index is 0.0262. The number of alkyl halides is 3. The highest BCUT2D eigenvalue weighted by Crippen LogP contribution is 2.39. The molecule has 4 rings (SSSR count). The zero-order valence-electron chi connectivity index (χ0n) is 17.8. The molecule has 0 saturated heterocycles. The van der Waals surface area contributed by atoms with E-state index >= 15 is 0 Å². The van der Waals surface area contributed by atoms with E-state index in [-0.39, 0.29) is 16.7 Å². The first kappa shape index (κ1) is 22.5. The Hall–Kier alpha value is -3.74. The molecule has 4 aromatic rings. The fraction of sp³-hybridized carbons (Fsp3) is 0.192. The summed E-state index contributed by atoms with van der Waals surface area (Å²) in [4.78, 5) is 12.9. The number of fused-ring (bicyclic) bond motifs is 1. The molecule has 1 aromatic heterocycles. The molecular weight excluding hydrogens is 433 g/mol. The van der Waals surface area contributed by atoms with Gasteiger partial charge in [-0.1, -0.05) is 55.8 Å². The van der Waals surface area contributed by atoms with Gasteiger partial charge in [0.25, 0.3) is 5.76 Å². The highest BCUT2D eigenvalue weighted by molar-refractivity contribution is 5.80. The maximum atomic E-state index is 13.7. The molecule has 0 saturated carbocycles. The highest BCUT2D eigenvalue weighted by atomic mass is 19.4. The van der Waals surface area contributed by atoms with Crippen molar-refractivity contribution in [3.63, 3.8) is 0 Å². The van der Waals surface area contributed by atoms with E-state index < -0.39 is 23.1 Å². The highest BCUT2D eigenvalue weighted by Gasteiger charge is 2.40. The van der Waals surface area contributed by atoms with Crippen molar-refractivity contribution in [1.29, 1.82) is 0 Å². The van der Waals surface area contributed by atoms with E-state index in [0.29, 0.717) is 12.4 Å². The second-order valence-electron chi connectivity index (χ2n) is 7.44. The van der Waals surface area contributed by atoms with Crippen LogP contribution in [-0.4, -0.2) is 6.61 Å².